The fourth-order valence-corrected chi connectivity index (χ4v) is 3.57. The average Bonchev–Trinajstić information content (AvgIpc) is 3.06. The summed E-state index contributed by atoms with van der Waals surface area (Å²) in [5.74, 6) is -2.89. The lowest BCUT2D eigenvalue weighted by Gasteiger charge is -2.21. The van der Waals surface area contributed by atoms with Crippen molar-refractivity contribution in [1.29, 1.82) is 0 Å². The van der Waals surface area contributed by atoms with Gasteiger partial charge in [-0.05, 0) is 25.5 Å². The van der Waals surface area contributed by atoms with Gasteiger partial charge in [-0.1, -0.05) is 17.2 Å². The Kier molecular flexibility index (Phi) is 4.31. The summed E-state index contributed by atoms with van der Waals surface area (Å²) in [7, 11) is 0. The Balaban J connectivity index is 1.38. The first-order valence-electron chi connectivity index (χ1n) is 8.86. The SMILES string of the molecule is CC(Nc1nnc(-c2ccc(C(F)F)cc2)o1)C(=O)N1CCC2(C1)CC2(F)F. The summed E-state index contributed by atoms with van der Waals surface area (Å²) in [6.45, 7) is 1.93. The molecule has 1 saturated heterocycles. The Morgan fingerprint density at radius 1 is 1.25 bits per heavy atom. The molecule has 6 nitrogen and oxygen atoms in total. The molecule has 1 aromatic carbocycles. The summed E-state index contributed by atoms with van der Waals surface area (Å²) in [5.41, 5.74) is -0.712. The van der Waals surface area contributed by atoms with Crippen LogP contribution in [0.15, 0.2) is 28.7 Å². The maximum Gasteiger partial charge on any atom is 0.316 e. The molecule has 1 aliphatic heterocycles. The van der Waals surface area contributed by atoms with E-state index in [9.17, 15) is 22.4 Å². The van der Waals surface area contributed by atoms with E-state index >= 15 is 0 Å². The number of nitrogens with zero attached hydrogens (tertiary/aromatic N) is 3. The molecule has 1 N–H and O–H groups in total. The smallest absolute Gasteiger partial charge is 0.316 e. The molecule has 2 heterocycles. The van der Waals surface area contributed by atoms with Crippen LogP contribution in [0.1, 0.15) is 31.8 Å². The molecule has 1 amide bonds. The highest BCUT2D eigenvalue weighted by molar-refractivity contribution is 5.84. The first kappa shape index (κ1) is 18.7. The number of aromatic nitrogens is 2. The second-order valence-electron chi connectivity index (χ2n) is 7.37. The van der Waals surface area contributed by atoms with Crippen LogP contribution in [0.3, 0.4) is 0 Å². The quantitative estimate of drug-likeness (QED) is 0.777. The Bertz CT molecular complexity index is 886. The summed E-state index contributed by atoms with van der Waals surface area (Å²) in [4.78, 5) is 13.9. The van der Waals surface area contributed by atoms with Gasteiger partial charge in [-0.15, -0.1) is 5.10 Å². The minimum Gasteiger partial charge on any atom is -0.403 e. The maximum atomic E-state index is 13.5. The minimum absolute atomic E-state index is 0.0144. The van der Waals surface area contributed by atoms with Gasteiger partial charge < -0.3 is 14.6 Å². The molecular formula is C18H18F4N4O2. The summed E-state index contributed by atoms with van der Waals surface area (Å²) in [5, 5.41) is 10.4. The molecule has 2 aliphatic rings. The zero-order chi connectivity index (χ0) is 20.1. The minimum atomic E-state index is -2.68. The summed E-state index contributed by atoms with van der Waals surface area (Å²) >= 11 is 0. The van der Waals surface area contributed by atoms with Gasteiger partial charge in [0.05, 0.1) is 5.41 Å². The molecule has 2 atom stereocenters. The Labute approximate surface area is 157 Å². The summed E-state index contributed by atoms with van der Waals surface area (Å²) in [6.07, 6.45) is -2.43. The molecule has 0 radical (unpaired) electrons. The lowest BCUT2D eigenvalue weighted by molar-refractivity contribution is -0.131. The van der Waals surface area contributed by atoms with Gasteiger partial charge in [0.1, 0.15) is 6.04 Å². The standard InChI is InChI=1S/C18H18F4N4O2/c1-10(15(27)26-7-6-17(9-26)8-18(17,21)22)23-16-25-24-14(28-16)12-4-2-11(3-5-12)13(19)20/h2-5,10,13H,6-9H2,1H3,(H,23,25). The second kappa shape index (κ2) is 6.46. The lowest BCUT2D eigenvalue weighted by atomic mass is 10.1. The van der Waals surface area contributed by atoms with Gasteiger partial charge in [0, 0.05) is 30.6 Å². The zero-order valence-corrected chi connectivity index (χ0v) is 15.0. The molecular weight excluding hydrogens is 380 g/mol. The number of alkyl halides is 4. The van der Waals surface area contributed by atoms with Gasteiger partial charge in [0.2, 0.25) is 11.8 Å². The highest BCUT2D eigenvalue weighted by Gasteiger charge is 2.73. The molecule has 4 rings (SSSR count). The van der Waals surface area contributed by atoms with Crippen molar-refractivity contribution in [3.05, 3.63) is 29.8 Å². The third kappa shape index (κ3) is 3.20. The number of hydrogen-bond acceptors (Lipinski definition) is 5. The van der Waals surface area contributed by atoms with Gasteiger partial charge in [-0.3, -0.25) is 4.79 Å². The van der Waals surface area contributed by atoms with Crippen molar-refractivity contribution in [3.8, 4) is 11.5 Å². The van der Waals surface area contributed by atoms with Gasteiger partial charge in [-0.25, -0.2) is 17.6 Å². The van der Waals surface area contributed by atoms with Crippen molar-refractivity contribution in [3.63, 3.8) is 0 Å². The lowest BCUT2D eigenvalue weighted by Crippen LogP contribution is -2.40. The molecule has 28 heavy (non-hydrogen) atoms. The molecule has 150 valence electrons. The maximum absolute atomic E-state index is 13.5. The average molecular weight is 398 g/mol. The Morgan fingerprint density at radius 3 is 2.50 bits per heavy atom. The molecule has 1 aromatic heterocycles. The van der Waals surface area contributed by atoms with Crippen LogP contribution < -0.4 is 5.32 Å². The molecule has 2 unspecified atom stereocenters. The zero-order valence-electron chi connectivity index (χ0n) is 15.0. The van der Waals surface area contributed by atoms with Crippen LogP contribution in [-0.2, 0) is 4.79 Å². The highest BCUT2D eigenvalue weighted by atomic mass is 19.3. The van der Waals surface area contributed by atoms with Crippen molar-refractivity contribution in [2.75, 3.05) is 18.4 Å². The number of nitrogens with one attached hydrogen (secondary N) is 1. The number of amides is 1. The van der Waals surface area contributed by atoms with Gasteiger partial charge in [0.25, 0.3) is 12.3 Å². The van der Waals surface area contributed by atoms with Crippen LogP contribution in [0.2, 0.25) is 0 Å². The van der Waals surface area contributed by atoms with E-state index in [2.05, 4.69) is 15.5 Å². The van der Waals surface area contributed by atoms with E-state index in [1.54, 1.807) is 6.92 Å². The van der Waals surface area contributed by atoms with E-state index in [4.69, 9.17) is 4.42 Å². The van der Waals surface area contributed by atoms with Crippen LogP contribution in [0.25, 0.3) is 11.5 Å². The summed E-state index contributed by atoms with van der Waals surface area (Å²) < 4.78 is 57.6. The highest BCUT2D eigenvalue weighted by Crippen LogP contribution is 2.65. The summed E-state index contributed by atoms with van der Waals surface area (Å²) in [6, 6.07) is 4.65. The van der Waals surface area contributed by atoms with Crippen molar-refractivity contribution in [2.45, 2.75) is 38.2 Å². The van der Waals surface area contributed by atoms with E-state index < -0.39 is 23.8 Å². The molecule has 1 spiro atoms. The van der Waals surface area contributed by atoms with E-state index in [0.717, 1.165) is 0 Å². The third-order valence-electron chi connectivity index (χ3n) is 5.42. The largest absolute Gasteiger partial charge is 0.403 e. The Morgan fingerprint density at radius 2 is 1.93 bits per heavy atom. The van der Waals surface area contributed by atoms with Crippen LogP contribution in [0.4, 0.5) is 23.6 Å². The molecule has 10 heteroatoms. The number of rotatable bonds is 5. The van der Waals surface area contributed by atoms with Crippen molar-refractivity contribution in [1.82, 2.24) is 15.1 Å². The van der Waals surface area contributed by atoms with E-state index in [0.29, 0.717) is 18.5 Å². The second-order valence-corrected chi connectivity index (χ2v) is 7.37. The van der Waals surface area contributed by atoms with Gasteiger partial charge in [-0.2, -0.15) is 0 Å². The molecule has 0 bridgehead atoms. The molecule has 1 saturated carbocycles. The van der Waals surface area contributed by atoms with Gasteiger partial charge >= 0.3 is 6.01 Å². The number of anilines is 1. The fourth-order valence-electron chi connectivity index (χ4n) is 3.57. The van der Waals surface area contributed by atoms with Crippen LogP contribution in [0.5, 0.6) is 0 Å². The van der Waals surface area contributed by atoms with Crippen LogP contribution in [-0.4, -0.2) is 46.1 Å². The van der Waals surface area contributed by atoms with Crippen LogP contribution in [0, 0.1) is 5.41 Å². The number of carbonyl (C=O) groups is 1. The van der Waals surface area contributed by atoms with E-state index in [1.165, 1.54) is 29.2 Å². The first-order chi connectivity index (χ1) is 13.2. The number of halogens is 4. The van der Waals surface area contributed by atoms with Gasteiger partial charge in [0.15, 0.2) is 0 Å². The topological polar surface area (TPSA) is 71.3 Å². The predicted molar refractivity (Wildman–Crippen MR) is 91.0 cm³/mol. The number of likely N-dealkylation sites (tertiary alicyclic amines) is 1. The monoisotopic (exact) mass is 398 g/mol. The third-order valence-corrected chi connectivity index (χ3v) is 5.42. The molecule has 1 aliphatic carbocycles. The Hall–Kier alpha value is -2.65. The fraction of sp³-hybridized carbons (Fsp3) is 0.500. The van der Waals surface area contributed by atoms with Crippen LogP contribution >= 0.6 is 0 Å². The number of hydrogen-bond donors (Lipinski definition) is 1. The number of benzene rings is 1. The van der Waals surface area contributed by atoms with Crippen molar-refractivity contribution >= 4 is 11.9 Å². The predicted octanol–water partition coefficient (Wildman–Crippen LogP) is 3.73. The van der Waals surface area contributed by atoms with E-state index in [1.807, 2.05) is 0 Å². The first-order valence-corrected chi connectivity index (χ1v) is 8.86. The van der Waals surface area contributed by atoms with Crippen molar-refractivity contribution < 1.29 is 26.8 Å². The van der Waals surface area contributed by atoms with Crippen molar-refractivity contribution in [2.24, 2.45) is 5.41 Å². The normalized spacial score (nSPS) is 24.0. The number of carbonyl (C=O) groups excluding carboxylic acids is 1. The molecule has 2 aromatic rings. The van der Waals surface area contributed by atoms with E-state index in [-0.39, 0.29) is 36.3 Å². The molecule has 2 fully saturated rings.